The Labute approximate surface area is 256 Å². The normalized spacial score (nSPS) is 17.4. The summed E-state index contributed by atoms with van der Waals surface area (Å²) in [5, 5.41) is 21.6. The number of unbranched alkanes of at least 4 members (excludes halogenated alkanes) is 1. The van der Waals surface area contributed by atoms with Gasteiger partial charge in [0.2, 0.25) is 5.58 Å². The Morgan fingerprint density at radius 2 is 1.95 bits per heavy atom. The second-order valence-electron chi connectivity index (χ2n) is 11.1. The number of rotatable bonds is 13. The van der Waals surface area contributed by atoms with Crippen molar-refractivity contribution < 1.29 is 28.4 Å². The molecule has 0 bridgehead atoms. The van der Waals surface area contributed by atoms with E-state index in [0.29, 0.717) is 36.6 Å². The van der Waals surface area contributed by atoms with Gasteiger partial charge in [-0.1, -0.05) is 62.2 Å². The third-order valence-electron chi connectivity index (χ3n) is 8.30. The molecule has 0 radical (unpaired) electrons. The van der Waals surface area contributed by atoms with E-state index in [1.807, 2.05) is 65.2 Å². The Hall–Kier alpha value is -5.16. The molecular formula is C36H36N3O5+. The van der Waals surface area contributed by atoms with E-state index in [0.717, 1.165) is 46.9 Å². The van der Waals surface area contributed by atoms with Gasteiger partial charge in [0.05, 0.1) is 29.5 Å². The van der Waals surface area contributed by atoms with Crippen LogP contribution in [0.2, 0.25) is 0 Å². The highest BCUT2D eigenvalue weighted by molar-refractivity contribution is 6.01. The van der Waals surface area contributed by atoms with Gasteiger partial charge in [-0.15, -0.1) is 0 Å². The summed E-state index contributed by atoms with van der Waals surface area (Å²) in [6.45, 7) is 5.67. The van der Waals surface area contributed by atoms with E-state index in [9.17, 15) is 20.0 Å². The molecule has 1 aromatic heterocycles. The fourth-order valence-corrected chi connectivity index (χ4v) is 6.13. The zero-order valence-corrected chi connectivity index (χ0v) is 25.0. The van der Waals surface area contributed by atoms with Gasteiger partial charge in [-0.25, -0.2) is 0 Å². The van der Waals surface area contributed by atoms with Crippen LogP contribution in [-0.2, 0) is 26.3 Å². The number of oxazole rings is 1. The molecule has 5 rings (SSSR count). The number of hydrogen-bond donors (Lipinski definition) is 1. The maximum Gasteiger partial charge on any atom is 0.374 e. The van der Waals surface area contributed by atoms with E-state index in [1.54, 1.807) is 18.2 Å². The number of carbonyl (C=O) groups excluding carboxylic acids is 1. The maximum atomic E-state index is 11.5. The van der Waals surface area contributed by atoms with Gasteiger partial charge < -0.3 is 19.2 Å². The molecule has 0 saturated carbocycles. The lowest BCUT2D eigenvalue weighted by atomic mass is 9.77. The smallest absolute Gasteiger partial charge is 0.374 e. The van der Waals surface area contributed by atoms with Gasteiger partial charge in [-0.2, -0.15) is 9.83 Å². The molecule has 3 aromatic carbocycles. The van der Waals surface area contributed by atoms with E-state index >= 15 is 0 Å². The van der Waals surface area contributed by atoms with Crippen molar-refractivity contribution in [2.45, 2.75) is 51.5 Å². The third kappa shape index (κ3) is 6.00. The zero-order chi connectivity index (χ0) is 31.1. The van der Waals surface area contributed by atoms with E-state index in [4.69, 9.17) is 9.15 Å². The molecule has 0 saturated heterocycles. The minimum Gasteiger partial charge on any atom is -0.481 e. The lowest BCUT2D eigenvalue weighted by molar-refractivity contribution is -0.678. The van der Waals surface area contributed by atoms with Crippen LogP contribution >= 0.6 is 0 Å². The first-order valence-corrected chi connectivity index (χ1v) is 14.9. The van der Waals surface area contributed by atoms with Crippen LogP contribution in [-0.4, -0.2) is 30.7 Å². The second kappa shape index (κ2) is 13.4. The number of aliphatic carboxylic acids is 1. The molecule has 1 N–H and O–H groups in total. The summed E-state index contributed by atoms with van der Waals surface area (Å²) in [7, 11) is 0. The number of hydrogen-bond acceptors (Lipinski definition) is 6. The first-order chi connectivity index (χ1) is 21.4. The maximum absolute atomic E-state index is 11.5. The number of allylic oxidation sites excluding steroid dienone is 5. The van der Waals surface area contributed by atoms with E-state index < -0.39 is 5.97 Å². The first-order valence-electron chi connectivity index (χ1n) is 14.9. The molecule has 4 aromatic rings. The molecule has 224 valence electrons. The molecule has 0 fully saturated rings. The number of nitriles is 1. The Balaban J connectivity index is 1.55. The number of carboxylic acid groups (broad SMARTS) is 1. The van der Waals surface area contributed by atoms with Crippen LogP contribution in [0.15, 0.2) is 94.6 Å². The van der Waals surface area contributed by atoms with E-state index in [2.05, 4.69) is 30.9 Å². The number of anilines is 1. The van der Waals surface area contributed by atoms with E-state index in [-0.39, 0.29) is 18.4 Å². The van der Waals surface area contributed by atoms with Crippen LogP contribution in [0.1, 0.15) is 51.0 Å². The average molecular weight is 591 g/mol. The number of carboxylic acids is 1. The van der Waals surface area contributed by atoms with Gasteiger partial charge in [0, 0.05) is 23.3 Å². The van der Waals surface area contributed by atoms with Gasteiger partial charge in [-0.3, -0.25) is 9.59 Å². The van der Waals surface area contributed by atoms with Gasteiger partial charge in [0.1, 0.15) is 0 Å². The summed E-state index contributed by atoms with van der Waals surface area (Å²) in [4.78, 5) is 24.5. The lowest BCUT2D eigenvalue weighted by Crippen LogP contribution is -2.37. The molecule has 1 atom stereocenters. The average Bonchev–Trinajstić information content (AvgIpc) is 3.51. The van der Waals surface area contributed by atoms with Gasteiger partial charge in [0.25, 0.3) is 12.0 Å². The highest BCUT2D eigenvalue weighted by atomic mass is 16.5. The standard InChI is InChI=1S/C36H35N3O5/c1-3-4-20-36(2)29-11-7-8-12-30(29)38(21-19-34(41)42)32(36)17-13-26(24-37)14-18-33-39(22-23-43-25-40)35-28-10-6-5-9-27(28)15-16-31(35)44-33/h5-18,25H,3-4,19-23H2,1-2H3/p+1. The van der Waals surface area contributed by atoms with Gasteiger partial charge >= 0.3 is 11.9 Å². The number of ether oxygens (including phenoxy) is 1. The minimum atomic E-state index is -0.856. The van der Waals surface area contributed by atoms with Crippen LogP contribution in [0.3, 0.4) is 0 Å². The highest BCUT2D eigenvalue weighted by Crippen LogP contribution is 2.50. The van der Waals surface area contributed by atoms with Crippen LogP contribution in [0.4, 0.5) is 5.69 Å². The van der Waals surface area contributed by atoms with Crippen molar-refractivity contribution in [3.63, 3.8) is 0 Å². The fraction of sp³-hybridized carbons (Fsp3) is 0.278. The molecular weight excluding hydrogens is 554 g/mol. The van der Waals surface area contributed by atoms with Crippen molar-refractivity contribution in [1.29, 1.82) is 5.26 Å². The first kappa shape index (κ1) is 30.3. The van der Waals surface area contributed by atoms with Gasteiger partial charge in [0.15, 0.2) is 13.2 Å². The minimum absolute atomic E-state index is 0.00118. The molecule has 44 heavy (non-hydrogen) atoms. The topological polar surface area (TPSA) is 108 Å². The van der Waals surface area contributed by atoms with Crippen molar-refractivity contribution in [1.82, 2.24) is 0 Å². The number of nitrogens with zero attached hydrogens (tertiary/aromatic N) is 3. The number of benzene rings is 3. The van der Waals surface area contributed by atoms with Crippen LogP contribution in [0, 0.1) is 11.3 Å². The lowest BCUT2D eigenvalue weighted by Gasteiger charge is -2.30. The Morgan fingerprint density at radius 3 is 2.73 bits per heavy atom. The summed E-state index contributed by atoms with van der Waals surface area (Å²) in [6, 6.07) is 22.3. The summed E-state index contributed by atoms with van der Waals surface area (Å²) in [6.07, 6.45) is 10.2. The van der Waals surface area contributed by atoms with Crippen LogP contribution in [0.5, 0.6) is 0 Å². The number of carbonyl (C=O) groups is 2. The van der Waals surface area contributed by atoms with Crippen molar-refractivity contribution in [2.24, 2.45) is 0 Å². The molecule has 1 aliphatic heterocycles. The number of fused-ring (bicyclic) bond motifs is 4. The summed E-state index contributed by atoms with van der Waals surface area (Å²) in [5.74, 6) is -0.338. The molecule has 2 heterocycles. The molecule has 1 unspecified atom stereocenters. The molecule has 0 amide bonds. The Kier molecular flexibility index (Phi) is 9.25. The quantitative estimate of drug-likeness (QED) is 0.0597. The Morgan fingerprint density at radius 1 is 1.16 bits per heavy atom. The second-order valence-corrected chi connectivity index (χ2v) is 11.1. The SMILES string of the molecule is CCCCC1(C)C(=CC=C(C#N)C=Cc2oc3ccc4ccccc4c3[n+]2CCOC=O)N(CCC(=O)O)c2ccccc21. The zero-order valence-electron chi connectivity index (χ0n) is 25.0. The summed E-state index contributed by atoms with van der Waals surface area (Å²) < 4.78 is 13.2. The predicted octanol–water partition coefficient (Wildman–Crippen LogP) is 6.84. The molecule has 0 aliphatic carbocycles. The molecule has 1 aliphatic rings. The Bertz CT molecular complexity index is 1830. The van der Waals surface area contributed by atoms with Crippen molar-refractivity contribution >= 4 is 46.1 Å². The van der Waals surface area contributed by atoms with Crippen molar-refractivity contribution in [2.75, 3.05) is 18.1 Å². The molecule has 0 spiro atoms. The third-order valence-corrected chi connectivity index (χ3v) is 8.30. The number of aromatic nitrogens is 1. The van der Waals surface area contributed by atoms with Gasteiger partial charge in [-0.05, 0) is 60.7 Å². The van der Waals surface area contributed by atoms with Crippen molar-refractivity contribution in [3.8, 4) is 6.07 Å². The monoisotopic (exact) mass is 590 g/mol. The van der Waals surface area contributed by atoms with Crippen molar-refractivity contribution in [3.05, 3.63) is 102 Å². The number of para-hydroxylation sites is 1. The van der Waals surface area contributed by atoms with Crippen LogP contribution in [0.25, 0.3) is 27.9 Å². The van der Waals surface area contributed by atoms with Crippen LogP contribution < -0.4 is 9.47 Å². The van der Waals surface area contributed by atoms with E-state index in [1.165, 1.54) is 5.56 Å². The summed E-state index contributed by atoms with van der Waals surface area (Å²) >= 11 is 0. The fourth-order valence-electron chi connectivity index (χ4n) is 6.13. The highest BCUT2D eigenvalue weighted by Gasteiger charge is 2.42. The predicted molar refractivity (Wildman–Crippen MR) is 170 cm³/mol. The summed E-state index contributed by atoms with van der Waals surface area (Å²) in [5.41, 5.74) is 4.80. The molecule has 8 heteroatoms. The molecule has 8 nitrogen and oxygen atoms in total. The largest absolute Gasteiger partial charge is 0.481 e.